The predicted octanol–water partition coefficient (Wildman–Crippen LogP) is 10.7. The summed E-state index contributed by atoms with van der Waals surface area (Å²) in [6.45, 7) is 30.2. The number of alkyl carbamates (subject to hydrolysis) is 1. The second-order valence-corrected chi connectivity index (χ2v) is 21.2. The van der Waals surface area contributed by atoms with Crippen LogP contribution in [-0.2, 0) is 26.4 Å². The fourth-order valence-electron chi connectivity index (χ4n) is 9.41. The highest BCUT2D eigenvalue weighted by molar-refractivity contribution is 5.85. The number of hydrogen-bond donors (Lipinski definition) is 2. The molecule has 2 aliphatic heterocycles. The van der Waals surface area contributed by atoms with E-state index in [2.05, 4.69) is 122 Å². The van der Waals surface area contributed by atoms with Gasteiger partial charge in [-0.2, -0.15) is 0 Å². The van der Waals surface area contributed by atoms with Crippen molar-refractivity contribution >= 4 is 42.5 Å². The van der Waals surface area contributed by atoms with Crippen LogP contribution in [0.2, 0.25) is 0 Å². The van der Waals surface area contributed by atoms with Crippen LogP contribution in [0.1, 0.15) is 137 Å². The van der Waals surface area contributed by atoms with E-state index in [4.69, 9.17) is 14.7 Å². The van der Waals surface area contributed by atoms with Gasteiger partial charge in [0.25, 0.3) is 0 Å². The Morgan fingerprint density at radius 1 is 0.629 bits per heavy atom. The van der Waals surface area contributed by atoms with E-state index in [1.165, 1.54) is 53.5 Å². The normalized spacial score (nSPS) is 19.9. The molecule has 4 aromatic rings. The topological polar surface area (TPSA) is 108 Å². The molecule has 4 heterocycles. The van der Waals surface area contributed by atoms with Gasteiger partial charge in [-0.15, -0.1) is 24.8 Å². The van der Waals surface area contributed by atoms with E-state index in [0.717, 1.165) is 80.7 Å². The monoisotopic (exact) mass is 887 g/mol. The Labute approximate surface area is 384 Å². The molecule has 0 bridgehead atoms. The summed E-state index contributed by atoms with van der Waals surface area (Å²) in [4.78, 5) is 35.6. The van der Waals surface area contributed by atoms with Gasteiger partial charge in [-0.25, -0.2) is 14.8 Å². The van der Waals surface area contributed by atoms with Crippen LogP contribution in [0.4, 0.5) is 16.4 Å². The second-order valence-electron chi connectivity index (χ2n) is 21.2. The van der Waals surface area contributed by atoms with Crippen LogP contribution in [0.5, 0.6) is 0 Å². The summed E-state index contributed by atoms with van der Waals surface area (Å²) in [5.41, 5.74) is 10.4. The first-order valence-electron chi connectivity index (χ1n) is 22.4. The van der Waals surface area contributed by atoms with Gasteiger partial charge in [0.05, 0.1) is 36.2 Å². The average molecular weight is 888 g/mol. The smallest absolute Gasteiger partial charge is 0.407 e. The van der Waals surface area contributed by atoms with Gasteiger partial charge < -0.3 is 25.2 Å². The van der Waals surface area contributed by atoms with Crippen molar-refractivity contribution in [2.24, 2.45) is 0 Å². The second kappa shape index (κ2) is 19.0. The summed E-state index contributed by atoms with van der Waals surface area (Å²) < 4.78 is 5.40. The Bertz CT molecular complexity index is 2170. The van der Waals surface area contributed by atoms with Gasteiger partial charge in [-0.1, -0.05) is 79.7 Å². The van der Waals surface area contributed by atoms with Crippen molar-refractivity contribution in [3.63, 3.8) is 0 Å². The number of hydrogen-bond acceptors (Lipinski definition) is 9. The number of amides is 1. The molecule has 62 heavy (non-hydrogen) atoms. The van der Waals surface area contributed by atoms with Crippen LogP contribution < -0.4 is 20.4 Å². The minimum absolute atomic E-state index is 0. The highest BCUT2D eigenvalue weighted by Crippen LogP contribution is 2.48. The van der Waals surface area contributed by atoms with E-state index in [9.17, 15) is 4.79 Å². The van der Waals surface area contributed by atoms with E-state index >= 15 is 0 Å². The molecule has 2 aromatic carbocycles. The zero-order chi connectivity index (χ0) is 43.1. The number of aromatic nitrogens is 4. The summed E-state index contributed by atoms with van der Waals surface area (Å²) >= 11 is 0. The molecule has 2 saturated heterocycles. The van der Waals surface area contributed by atoms with E-state index in [-0.39, 0.29) is 58.6 Å². The van der Waals surface area contributed by atoms with Gasteiger partial charge in [0, 0.05) is 56.4 Å². The molecule has 338 valence electrons. The van der Waals surface area contributed by atoms with Gasteiger partial charge in [-0.3, -0.25) is 9.97 Å². The summed E-state index contributed by atoms with van der Waals surface area (Å²) in [5.74, 6) is 1.88. The quantitative estimate of drug-likeness (QED) is 0.202. The number of nitrogens with zero attached hydrogens (tertiary/aromatic N) is 6. The van der Waals surface area contributed by atoms with E-state index in [1.54, 1.807) is 0 Å². The number of fused-ring (bicyclic) bond motifs is 2. The van der Waals surface area contributed by atoms with Crippen LogP contribution >= 0.6 is 24.8 Å². The van der Waals surface area contributed by atoms with Gasteiger partial charge in [0.1, 0.15) is 17.2 Å². The maximum absolute atomic E-state index is 12.1. The lowest BCUT2D eigenvalue weighted by atomic mass is 9.63. The minimum atomic E-state index is -0.484. The molecule has 0 unspecified atom stereocenters. The van der Waals surface area contributed by atoms with E-state index < -0.39 is 5.60 Å². The molecule has 2 N–H and O–H groups in total. The van der Waals surface area contributed by atoms with Crippen molar-refractivity contribution in [1.82, 2.24) is 30.6 Å². The molecule has 2 fully saturated rings. The summed E-state index contributed by atoms with van der Waals surface area (Å²) in [6.07, 6.45) is 13.7. The molecule has 2 aliphatic carbocycles. The Morgan fingerprint density at radius 2 is 1.03 bits per heavy atom. The Kier molecular flexibility index (Phi) is 15.0. The SMILES string of the molecule is CC(C)(C)OC(=O)NC1CCN(c2cncc(-c3ccc4c(c3)C(C)(C)CCC4(C)C)n2)CC1.CC1(C)CCC(C)(C)c2cc(-c3cncc(N4CCNCC4)n3)ccc21.Cl.Cl. The highest BCUT2D eigenvalue weighted by Gasteiger charge is 2.38. The molecule has 0 spiro atoms. The molecule has 12 heteroatoms. The van der Waals surface area contributed by atoms with Crippen molar-refractivity contribution in [3.8, 4) is 22.5 Å². The van der Waals surface area contributed by atoms with Crippen LogP contribution in [0, 0.1) is 0 Å². The first-order chi connectivity index (χ1) is 28.2. The molecule has 0 saturated carbocycles. The highest BCUT2D eigenvalue weighted by atomic mass is 35.5. The number of piperazine rings is 1. The van der Waals surface area contributed by atoms with Crippen LogP contribution in [0.15, 0.2) is 61.2 Å². The average Bonchev–Trinajstić information content (AvgIpc) is 3.21. The number of anilines is 2. The third-order valence-electron chi connectivity index (χ3n) is 13.5. The van der Waals surface area contributed by atoms with Gasteiger partial charge in [-0.05, 0) is 115 Å². The van der Waals surface area contributed by atoms with Gasteiger partial charge >= 0.3 is 6.09 Å². The fourth-order valence-corrected chi connectivity index (χ4v) is 9.41. The fraction of sp³-hybridized carbons (Fsp3) is 0.580. The molecule has 10 nitrogen and oxygen atoms in total. The van der Waals surface area contributed by atoms with Crippen molar-refractivity contribution in [1.29, 1.82) is 0 Å². The maximum atomic E-state index is 12.1. The third kappa shape index (κ3) is 11.2. The number of carbonyl (C=O) groups is 1. The van der Waals surface area contributed by atoms with Crippen molar-refractivity contribution in [2.75, 3.05) is 49.1 Å². The molecule has 0 radical (unpaired) electrons. The van der Waals surface area contributed by atoms with E-state index in [1.807, 2.05) is 45.6 Å². The number of halogens is 2. The summed E-state index contributed by atoms with van der Waals surface area (Å²) in [5, 5.41) is 6.40. The first kappa shape index (κ1) is 49.0. The zero-order valence-electron chi connectivity index (χ0n) is 39.2. The van der Waals surface area contributed by atoms with Crippen LogP contribution in [0.25, 0.3) is 22.5 Å². The minimum Gasteiger partial charge on any atom is -0.444 e. The van der Waals surface area contributed by atoms with Crippen molar-refractivity contribution in [2.45, 2.75) is 148 Å². The van der Waals surface area contributed by atoms with Gasteiger partial charge in [0.15, 0.2) is 0 Å². The summed E-state index contributed by atoms with van der Waals surface area (Å²) in [6, 6.07) is 13.9. The predicted molar refractivity (Wildman–Crippen MR) is 260 cm³/mol. The molecular formula is C50H72Cl2N8O2. The molecule has 4 aliphatic rings. The Balaban J connectivity index is 0.000000234. The molecule has 1 amide bonds. The molecule has 8 rings (SSSR count). The first-order valence-corrected chi connectivity index (χ1v) is 22.4. The molecule has 0 atom stereocenters. The number of piperidine rings is 1. The zero-order valence-corrected chi connectivity index (χ0v) is 40.8. The standard InChI is InChI=1S/C28H40N4O2.C22H30N4.2ClH/c1-26(2,3)34-25(33)30-20-10-14-32(15-11-20)24-18-29-17-23(31-24)19-8-9-21-22(16-19)28(6,7)13-12-27(21,4)5;1-21(2)7-8-22(3,4)18-13-16(5-6-17(18)21)19-14-24-15-20(25-19)26-11-9-23-10-12-26;;/h8-9,16-18,20H,10-15H2,1-7H3,(H,30,33);5-6,13-15,23H,7-12H2,1-4H3;2*1H. The van der Waals surface area contributed by atoms with E-state index in [0.29, 0.717) is 0 Å². The lowest BCUT2D eigenvalue weighted by Crippen LogP contribution is -2.46. The number of ether oxygens (including phenoxy) is 1. The number of benzene rings is 2. The number of nitrogens with one attached hydrogen (secondary N) is 2. The largest absolute Gasteiger partial charge is 0.444 e. The lowest BCUT2D eigenvalue weighted by Gasteiger charge is -2.42. The van der Waals surface area contributed by atoms with Crippen molar-refractivity contribution in [3.05, 3.63) is 83.4 Å². The maximum Gasteiger partial charge on any atom is 0.407 e. The lowest BCUT2D eigenvalue weighted by molar-refractivity contribution is 0.0497. The molecule has 2 aromatic heterocycles. The molecular weight excluding hydrogens is 816 g/mol. The Morgan fingerprint density at radius 3 is 1.45 bits per heavy atom. The van der Waals surface area contributed by atoms with Crippen LogP contribution in [0.3, 0.4) is 0 Å². The van der Waals surface area contributed by atoms with Crippen LogP contribution in [-0.4, -0.2) is 76.9 Å². The van der Waals surface area contributed by atoms with Gasteiger partial charge in [0.2, 0.25) is 0 Å². The van der Waals surface area contributed by atoms with Crippen molar-refractivity contribution < 1.29 is 9.53 Å². The number of carbonyl (C=O) groups excluding carboxylic acids is 1. The summed E-state index contributed by atoms with van der Waals surface area (Å²) in [7, 11) is 0. The number of rotatable bonds is 5. The third-order valence-corrected chi connectivity index (χ3v) is 13.5. The Hall–Kier alpha value is -3.99.